The molecule has 0 bridgehead atoms. The molecule has 0 aromatic heterocycles. The van der Waals surface area contributed by atoms with E-state index in [2.05, 4.69) is 15.9 Å². The van der Waals surface area contributed by atoms with Gasteiger partial charge >= 0.3 is 0 Å². The predicted octanol–water partition coefficient (Wildman–Crippen LogP) is 1.99. The Bertz CT molecular complexity index is 439. The average molecular weight is 270 g/mol. The molecule has 2 rings (SSSR count). The molecule has 0 saturated heterocycles. The molecule has 1 aliphatic rings. The maximum absolute atomic E-state index is 9.75. The van der Waals surface area contributed by atoms with Crippen LogP contribution in [-0.2, 0) is 6.42 Å². The standard InChI is InChI=1S/C10H8BrNO3/c11-8-9(13)6(1-2-12)5-7-10(8)15-4-3-14-7/h5,13H,1,3-4H2. The Morgan fingerprint density at radius 2 is 2.20 bits per heavy atom. The van der Waals surface area contributed by atoms with Gasteiger partial charge in [0.2, 0.25) is 0 Å². The molecule has 1 aliphatic heterocycles. The molecule has 0 amide bonds. The van der Waals surface area contributed by atoms with E-state index < -0.39 is 0 Å². The molecule has 0 atom stereocenters. The van der Waals surface area contributed by atoms with Gasteiger partial charge in [-0.3, -0.25) is 0 Å². The normalized spacial score (nSPS) is 13.3. The summed E-state index contributed by atoms with van der Waals surface area (Å²) in [4.78, 5) is 0. The van der Waals surface area contributed by atoms with Gasteiger partial charge in [0.25, 0.3) is 0 Å². The Morgan fingerprint density at radius 3 is 2.93 bits per heavy atom. The van der Waals surface area contributed by atoms with Crippen molar-refractivity contribution in [2.24, 2.45) is 0 Å². The third-order valence-electron chi connectivity index (χ3n) is 2.10. The van der Waals surface area contributed by atoms with Crippen LogP contribution in [0.2, 0.25) is 0 Å². The molecule has 5 heteroatoms. The summed E-state index contributed by atoms with van der Waals surface area (Å²) in [6.07, 6.45) is 0.140. The first kappa shape index (κ1) is 10.1. The largest absolute Gasteiger partial charge is 0.506 e. The third kappa shape index (κ3) is 1.73. The number of hydrogen-bond acceptors (Lipinski definition) is 4. The number of fused-ring (bicyclic) bond motifs is 1. The van der Waals surface area contributed by atoms with Gasteiger partial charge in [0, 0.05) is 5.56 Å². The van der Waals surface area contributed by atoms with E-state index in [1.807, 2.05) is 6.07 Å². The number of ether oxygens (including phenoxy) is 2. The fraction of sp³-hybridized carbons (Fsp3) is 0.300. The monoisotopic (exact) mass is 269 g/mol. The highest BCUT2D eigenvalue weighted by molar-refractivity contribution is 9.10. The van der Waals surface area contributed by atoms with Crippen LogP contribution in [0.1, 0.15) is 5.56 Å². The first-order valence-corrected chi connectivity index (χ1v) is 5.20. The molecule has 0 fully saturated rings. The van der Waals surface area contributed by atoms with Gasteiger partial charge in [0.05, 0.1) is 12.5 Å². The smallest absolute Gasteiger partial charge is 0.179 e. The molecule has 1 aromatic rings. The van der Waals surface area contributed by atoms with Crippen LogP contribution in [0.5, 0.6) is 17.2 Å². The van der Waals surface area contributed by atoms with Crippen molar-refractivity contribution in [2.75, 3.05) is 13.2 Å². The van der Waals surface area contributed by atoms with Gasteiger partial charge in [-0.25, -0.2) is 0 Å². The van der Waals surface area contributed by atoms with Crippen LogP contribution in [0, 0.1) is 11.3 Å². The van der Waals surface area contributed by atoms with Crippen molar-refractivity contribution in [2.45, 2.75) is 6.42 Å². The third-order valence-corrected chi connectivity index (χ3v) is 2.83. The van der Waals surface area contributed by atoms with Crippen molar-refractivity contribution in [3.8, 4) is 23.3 Å². The highest BCUT2D eigenvalue weighted by Crippen LogP contribution is 2.45. The van der Waals surface area contributed by atoms with Crippen molar-refractivity contribution < 1.29 is 14.6 Å². The molecule has 1 N–H and O–H groups in total. The highest BCUT2D eigenvalue weighted by Gasteiger charge is 2.20. The average Bonchev–Trinajstić information content (AvgIpc) is 2.26. The van der Waals surface area contributed by atoms with E-state index in [-0.39, 0.29) is 12.2 Å². The summed E-state index contributed by atoms with van der Waals surface area (Å²) in [7, 11) is 0. The first-order chi connectivity index (χ1) is 7.24. The molecule has 0 saturated carbocycles. The summed E-state index contributed by atoms with van der Waals surface area (Å²) < 4.78 is 11.2. The summed E-state index contributed by atoms with van der Waals surface area (Å²) in [6, 6.07) is 3.62. The Balaban J connectivity index is 2.53. The lowest BCUT2D eigenvalue weighted by molar-refractivity contribution is 0.169. The molecule has 78 valence electrons. The summed E-state index contributed by atoms with van der Waals surface area (Å²) in [6.45, 7) is 0.943. The molecule has 1 aromatic carbocycles. The number of rotatable bonds is 1. The van der Waals surface area contributed by atoms with Gasteiger partial charge in [-0.05, 0) is 22.0 Å². The van der Waals surface area contributed by atoms with Crippen molar-refractivity contribution in [3.05, 3.63) is 16.1 Å². The number of phenols is 1. The fourth-order valence-electron chi connectivity index (χ4n) is 1.41. The van der Waals surface area contributed by atoms with E-state index in [0.29, 0.717) is 34.7 Å². The minimum Gasteiger partial charge on any atom is -0.506 e. The Hall–Kier alpha value is -1.41. The van der Waals surface area contributed by atoms with Gasteiger partial charge in [-0.2, -0.15) is 5.26 Å². The van der Waals surface area contributed by atoms with Crippen LogP contribution >= 0.6 is 15.9 Å². The van der Waals surface area contributed by atoms with Crippen LogP contribution < -0.4 is 9.47 Å². The fourth-order valence-corrected chi connectivity index (χ4v) is 1.97. The van der Waals surface area contributed by atoms with Gasteiger partial charge < -0.3 is 14.6 Å². The Kier molecular flexibility index (Phi) is 2.69. The maximum atomic E-state index is 9.75. The second kappa shape index (κ2) is 3.99. The summed E-state index contributed by atoms with van der Waals surface area (Å²) in [5.74, 6) is 1.11. The van der Waals surface area contributed by atoms with Gasteiger partial charge in [0.15, 0.2) is 11.5 Å². The molecule has 4 nitrogen and oxygen atoms in total. The van der Waals surface area contributed by atoms with Crippen LogP contribution in [0.3, 0.4) is 0 Å². The maximum Gasteiger partial charge on any atom is 0.179 e. The van der Waals surface area contributed by atoms with Crippen LogP contribution in [0.25, 0.3) is 0 Å². The second-order valence-electron chi connectivity index (χ2n) is 3.06. The number of nitriles is 1. The van der Waals surface area contributed by atoms with Gasteiger partial charge in [-0.15, -0.1) is 0 Å². The number of aromatic hydroxyl groups is 1. The highest BCUT2D eigenvalue weighted by atomic mass is 79.9. The van der Waals surface area contributed by atoms with Crippen molar-refractivity contribution >= 4 is 15.9 Å². The molecule has 0 unspecified atom stereocenters. The van der Waals surface area contributed by atoms with Gasteiger partial charge in [0.1, 0.15) is 23.4 Å². The topological polar surface area (TPSA) is 62.5 Å². The van der Waals surface area contributed by atoms with Crippen LogP contribution in [0.15, 0.2) is 10.5 Å². The zero-order chi connectivity index (χ0) is 10.8. The molecule has 0 aliphatic carbocycles. The molecule has 0 spiro atoms. The quantitative estimate of drug-likeness (QED) is 0.847. The summed E-state index contributed by atoms with van der Waals surface area (Å²) >= 11 is 3.22. The van der Waals surface area contributed by atoms with Crippen molar-refractivity contribution in [1.82, 2.24) is 0 Å². The second-order valence-corrected chi connectivity index (χ2v) is 3.85. The van der Waals surface area contributed by atoms with E-state index in [4.69, 9.17) is 14.7 Å². The SMILES string of the molecule is N#CCc1cc2c(c(Br)c1O)OCCO2. The van der Waals surface area contributed by atoms with Crippen LogP contribution in [0.4, 0.5) is 0 Å². The van der Waals surface area contributed by atoms with E-state index in [1.54, 1.807) is 6.07 Å². The molecular formula is C10H8BrNO3. The lowest BCUT2D eigenvalue weighted by atomic mass is 10.1. The predicted molar refractivity (Wildman–Crippen MR) is 56.1 cm³/mol. The molecule has 15 heavy (non-hydrogen) atoms. The number of hydrogen-bond donors (Lipinski definition) is 1. The molecule has 0 radical (unpaired) electrons. The lowest BCUT2D eigenvalue weighted by Gasteiger charge is -2.21. The molecular weight excluding hydrogens is 262 g/mol. The van der Waals surface area contributed by atoms with Crippen molar-refractivity contribution in [1.29, 1.82) is 5.26 Å². The zero-order valence-corrected chi connectivity index (χ0v) is 9.37. The minimum absolute atomic E-state index is 0.0424. The minimum atomic E-state index is 0.0424. The number of phenolic OH excluding ortho intramolecular Hbond substituents is 1. The van der Waals surface area contributed by atoms with Crippen molar-refractivity contribution in [3.63, 3.8) is 0 Å². The number of halogens is 1. The summed E-state index contributed by atoms with van der Waals surface area (Å²) in [5, 5.41) is 18.3. The first-order valence-electron chi connectivity index (χ1n) is 4.41. The number of benzene rings is 1. The van der Waals surface area contributed by atoms with E-state index in [1.165, 1.54) is 0 Å². The number of nitrogens with zero attached hydrogens (tertiary/aromatic N) is 1. The van der Waals surface area contributed by atoms with E-state index >= 15 is 0 Å². The van der Waals surface area contributed by atoms with Crippen LogP contribution in [-0.4, -0.2) is 18.3 Å². The Labute approximate surface area is 95.2 Å². The van der Waals surface area contributed by atoms with Gasteiger partial charge in [-0.1, -0.05) is 0 Å². The molecule has 1 heterocycles. The van der Waals surface area contributed by atoms with E-state index in [0.717, 1.165) is 0 Å². The van der Waals surface area contributed by atoms with E-state index in [9.17, 15) is 5.11 Å². The zero-order valence-electron chi connectivity index (χ0n) is 7.79. The lowest BCUT2D eigenvalue weighted by Crippen LogP contribution is -2.16. The summed E-state index contributed by atoms with van der Waals surface area (Å²) in [5.41, 5.74) is 0.536. The Morgan fingerprint density at radius 1 is 1.47 bits per heavy atom.